The first kappa shape index (κ1) is 15.6. The van der Waals surface area contributed by atoms with Gasteiger partial charge in [0.15, 0.2) is 0 Å². The number of hydrogen-bond acceptors (Lipinski definition) is 4. The lowest BCUT2D eigenvalue weighted by Gasteiger charge is -2.09. The van der Waals surface area contributed by atoms with Crippen LogP contribution < -0.4 is 5.32 Å². The summed E-state index contributed by atoms with van der Waals surface area (Å²) in [5.41, 5.74) is 0.184. The average Bonchev–Trinajstić information content (AvgIpc) is 2.35. The Kier molecular flexibility index (Phi) is 6.80. The molecule has 0 saturated heterocycles. The molecule has 0 radical (unpaired) electrons. The van der Waals surface area contributed by atoms with E-state index in [4.69, 9.17) is 5.11 Å². The van der Waals surface area contributed by atoms with Gasteiger partial charge in [-0.15, -0.1) is 0 Å². The Bertz CT molecular complexity index is 409. The molecule has 0 aromatic carbocycles. The molecule has 0 aromatic rings. The Morgan fingerprint density at radius 2 is 1.83 bits per heavy atom. The lowest BCUT2D eigenvalue weighted by Crippen LogP contribution is -2.25. The van der Waals surface area contributed by atoms with Crippen molar-refractivity contribution < 1.29 is 24.2 Å². The summed E-state index contributed by atoms with van der Waals surface area (Å²) in [5.74, 6) is -2.28. The average molecular weight is 253 g/mol. The summed E-state index contributed by atoms with van der Waals surface area (Å²) in [4.78, 5) is 33.1. The molecule has 0 bridgehead atoms. The number of nitrogens with one attached hydrogen (secondary N) is 1. The fraction of sp³-hybridized carbons (Fsp3) is 0.250. The van der Waals surface area contributed by atoms with Gasteiger partial charge in [0.05, 0.1) is 24.8 Å². The van der Waals surface area contributed by atoms with E-state index in [1.165, 1.54) is 19.3 Å². The molecule has 0 aliphatic heterocycles. The molecule has 0 heterocycles. The maximum absolute atomic E-state index is 11.4. The van der Waals surface area contributed by atoms with Crippen LogP contribution in [0.1, 0.15) is 12.8 Å². The highest BCUT2D eigenvalue weighted by molar-refractivity contribution is 5.94. The summed E-state index contributed by atoms with van der Waals surface area (Å²) in [6.45, 7) is 6.88. The van der Waals surface area contributed by atoms with E-state index in [0.717, 1.165) is 0 Å². The van der Waals surface area contributed by atoms with Crippen molar-refractivity contribution in [2.75, 3.05) is 7.11 Å². The maximum atomic E-state index is 11.4. The van der Waals surface area contributed by atoms with Crippen LogP contribution in [0.4, 0.5) is 0 Å². The van der Waals surface area contributed by atoms with Crippen molar-refractivity contribution in [3.63, 3.8) is 0 Å². The molecule has 0 fully saturated rings. The second-order valence-electron chi connectivity index (χ2n) is 3.17. The highest BCUT2D eigenvalue weighted by Gasteiger charge is 2.13. The Hall–Kier alpha value is -2.37. The van der Waals surface area contributed by atoms with Gasteiger partial charge in [-0.05, 0) is 6.08 Å². The number of esters is 1. The van der Waals surface area contributed by atoms with Crippen LogP contribution in [-0.2, 0) is 19.1 Å². The number of carboxylic acid groups (broad SMARTS) is 1. The minimum Gasteiger partial charge on any atom is -0.481 e. The molecule has 6 nitrogen and oxygen atoms in total. The van der Waals surface area contributed by atoms with Crippen molar-refractivity contribution in [1.82, 2.24) is 5.32 Å². The molecule has 6 heteroatoms. The molecular formula is C12H15NO5. The van der Waals surface area contributed by atoms with Crippen LogP contribution in [-0.4, -0.2) is 30.1 Å². The number of hydrogen-bond donors (Lipinski definition) is 2. The van der Waals surface area contributed by atoms with Crippen LogP contribution in [0, 0.1) is 0 Å². The Morgan fingerprint density at radius 1 is 1.22 bits per heavy atom. The molecule has 0 saturated carbocycles. The highest BCUT2D eigenvalue weighted by atomic mass is 16.5. The molecule has 0 rings (SSSR count). The SMILES string of the molecule is C=C/C(NC(=O)CCC(=O)O)=C(\C=C)C(=O)OC. The van der Waals surface area contributed by atoms with Gasteiger partial charge in [-0.3, -0.25) is 9.59 Å². The smallest absolute Gasteiger partial charge is 0.339 e. The minimum absolute atomic E-state index is 0.0520. The standard InChI is InChI=1S/C12H15NO5/c1-4-8(12(17)18-3)9(5-2)13-10(14)6-7-11(15)16/h4-5H,1-2,6-7H2,3H3,(H,13,14)(H,15,16)/b9-8-. The van der Waals surface area contributed by atoms with Gasteiger partial charge >= 0.3 is 11.9 Å². The lowest BCUT2D eigenvalue weighted by atomic mass is 10.2. The molecule has 1 amide bonds. The van der Waals surface area contributed by atoms with Gasteiger partial charge in [0, 0.05) is 6.42 Å². The summed E-state index contributed by atoms with van der Waals surface area (Å²) >= 11 is 0. The van der Waals surface area contributed by atoms with Gasteiger partial charge in [-0.2, -0.15) is 0 Å². The largest absolute Gasteiger partial charge is 0.481 e. The first-order chi connectivity index (χ1) is 8.46. The number of carbonyl (C=O) groups is 3. The number of carbonyl (C=O) groups excluding carboxylic acids is 2. The molecule has 18 heavy (non-hydrogen) atoms. The summed E-state index contributed by atoms with van der Waals surface area (Å²) in [6, 6.07) is 0. The van der Waals surface area contributed by atoms with E-state index in [2.05, 4.69) is 23.2 Å². The monoisotopic (exact) mass is 253 g/mol. The second kappa shape index (κ2) is 7.83. The van der Waals surface area contributed by atoms with Gasteiger partial charge < -0.3 is 15.2 Å². The van der Waals surface area contributed by atoms with E-state index >= 15 is 0 Å². The van der Waals surface area contributed by atoms with Gasteiger partial charge in [-0.25, -0.2) is 4.79 Å². The van der Waals surface area contributed by atoms with Crippen LogP contribution in [0.5, 0.6) is 0 Å². The fourth-order valence-corrected chi connectivity index (χ4v) is 1.07. The molecule has 2 N–H and O–H groups in total. The number of amides is 1. The van der Waals surface area contributed by atoms with Gasteiger partial charge in [0.25, 0.3) is 0 Å². The quantitative estimate of drug-likeness (QED) is 0.397. The topological polar surface area (TPSA) is 92.7 Å². The predicted molar refractivity (Wildman–Crippen MR) is 64.4 cm³/mol. The van der Waals surface area contributed by atoms with Gasteiger partial charge in [0.1, 0.15) is 0 Å². The number of methoxy groups -OCH3 is 1. The normalized spacial score (nSPS) is 10.9. The number of allylic oxidation sites excluding steroid dienone is 1. The molecule has 0 aromatic heterocycles. The highest BCUT2D eigenvalue weighted by Crippen LogP contribution is 2.07. The second-order valence-corrected chi connectivity index (χ2v) is 3.17. The summed E-state index contributed by atoms with van der Waals surface area (Å²) in [6.07, 6.45) is 1.99. The van der Waals surface area contributed by atoms with E-state index in [1.54, 1.807) is 0 Å². The third-order valence-corrected chi connectivity index (χ3v) is 1.94. The molecule has 0 aliphatic rings. The Labute approximate surface area is 105 Å². The first-order valence-electron chi connectivity index (χ1n) is 5.05. The zero-order chi connectivity index (χ0) is 14.1. The third kappa shape index (κ3) is 5.11. The van der Waals surface area contributed by atoms with Crippen molar-refractivity contribution >= 4 is 17.8 Å². The van der Waals surface area contributed by atoms with Crippen LogP contribution in [0.3, 0.4) is 0 Å². The molecule has 0 aliphatic carbocycles. The predicted octanol–water partition coefficient (Wildman–Crippen LogP) is 0.766. The van der Waals surface area contributed by atoms with Gasteiger partial charge in [0.2, 0.25) is 5.91 Å². The van der Waals surface area contributed by atoms with Crippen molar-refractivity contribution in [2.45, 2.75) is 12.8 Å². The van der Waals surface area contributed by atoms with Crippen molar-refractivity contribution in [2.24, 2.45) is 0 Å². The number of aliphatic carboxylic acids is 1. The zero-order valence-corrected chi connectivity index (χ0v) is 10.1. The van der Waals surface area contributed by atoms with Crippen molar-refractivity contribution in [3.8, 4) is 0 Å². The number of rotatable bonds is 7. The molecule has 98 valence electrons. The molecule has 0 atom stereocenters. The van der Waals surface area contributed by atoms with E-state index in [1.807, 2.05) is 0 Å². The van der Waals surface area contributed by atoms with E-state index < -0.39 is 17.8 Å². The van der Waals surface area contributed by atoms with Crippen LogP contribution in [0.25, 0.3) is 0 Å². The lowest BCUT2D eigenvalue weighted by molar-refractivity contribution is -0.139. The third-order valence-electron chi connectivity index (χ3n) is 1.94. The maximum Gasteiger partial charge on any atom is 0.339 e. The molecule has 0 unspecified atom stereocenters. The number of ether oxygens (including phenoxy) is 1. The van der Waals surface area contributed by atoms with Crippen molar-refractivity contribution in [1.29, 1.82) is 0 Å². The van der Waals surface area contributed by atoms with Gasteiger partial charge in [-0.1, -0.05) is 19.2 Å². The summed E-state index contributed by atoms with van der Waals surface area (Å²) < 4.78 is 4.50. The van der Waals surface area contributed by atoms with Crippen LogP contribution in [0.15, 0.2) is 36.6 Å². The zero-order valence-electron chi connectivity index (χ0n) is 10.1. The fourth-order valence-electron chi connectivity index (χ4n) is 1.07. The van der Waals surface area contributed by atoms with Crippen LogP contribution in [0.2, 0.25) is 0 Å². The minimum atomic E-state index is -1.08. The van der Waals surface area contributed by atoms with Crippen molar-refractivity contribution in [3.05, 3.63) is 36.6 Å². The van der Waals surface area contributed by atoms with E-state index in [9.17, 15) is 14.4 Å². The van der Waals surface area contributed by atoms with E-state index in [-0.39, 0.29) is 24.1 Å². The van der Waals surface area contributed by atoms with E-state index in [0.29, 0.717) is 0 Å². The summed E-state index contributed by atoms with van der Waals surface area (Å²) in [5, 5.41) is 10.8. The Balaban J connectivity index is 4.86. The Morgan fingerprint density at radius 3 is 2.22 bits per heavy atom. The first-order valence-corrected chi connectivity index (χ1v) is 5.05. The molecular weight excluding hydrogens is 238 g/mol. The van der Waals surface area contributed by atoms with Crippen LogP contribution >= 0.6 is 0 Å². The summed E-state index contributed by atoms with van der Waals surface area (Å²) in [7, 11) is 1.19. The number of carboxylic acids is 1. The molecule has 0 spiro atoms.